The number of hydrogen-bond acceptors (Lipinski definition) is 1. The lowest BCUT2D eigenvalue weighted by Gasteiger charge is -2.19. The molecule has 0 radical (unpaired) electrons. The van der Waals surface area contributed by atoms with Crippen LogP contribution in [0, 0.1) is 11.7 Å². The summed E-state index contributed by atoms with van der Waals surface area (Å²) in [6.45, 7) is 0. The van der Waals surface area contributed by atoms with Crippen molar-refractivity contribution in [3.05, 3.63) is 34.6 Å². The third-order valence-corrected chi connectivity index (χ3v) is 3.47. The highest BCUT2D eigenvalue weighted by molar-refractivity contribution is 6.31. The SMILES string of the molecule is O[C@@H](c1c(F)cccc1Cl)C1CCCC1. The number of hydrogen-bond donors (Lipinski definition) is 1. The maximum absolute atomic E-state index is 13.5. The van der Waals surface area contributed by atoms with E-state index < -0.39 is 11.9 Å². The zero-order valence-electron chi connectivity index (χ0n) is 8.42. The highest BCUT2D eigenvalue weighted by atomic mass is 35.5. The van der Waals surface area contributed by atoms with Gasteiger partial charge in [-0.2, -0.15) is 0 Å². The Morgan fingerprint density at radius 3 is 2.60 bits per heavy atom. The van der Waals surface area contributed by atoms with Crippen molar-refractivity contribution in [2.45, 2.75) is 31.8 Å². The van der Waals surface area contributed by atoms with Crippen LogP contribution in [0.4, 0.5) is 4.39 Å². The van der Waals surface area contributed by atoms with Gasteiger partial charge in [-0.3, -0.25) is 0 Å². The molecule has 1 nitrogen and oxygen atoms in total. The first-order valence-corrected chi connectivity index (χ1v) is 5.70. The van der Waals surface area contributed by atoms with Crippen LogP contribution in [0.25, 0.3) is 0 Å². The number of benzene rings is 1. The minimum Gasteiger partial charge on any atom is -0.388 e. The molecule has 0 heterocycles. The van der Waals surface area contributed by atoms with Crippen molar-refractivity contribution in [2.24, 2.45) is 5.92 Å². The highest BCUT2D eigenvalue weighted by Gasteiger charge is 2.27. The second-order valence-corrected chi connectivity index (χ2v) is 4.53. The van der Waals surface area contributed by atoms with Crippen LogP contribution >= 0.6 is 11.6 Å². The summed E-state index contributed by atoms with van der Waals surface area (Å²) in [5.74, 6) is -0.235. The summed E-state index contributed by atoms with van der Waals surface area (Å²) in [6, 6.07) is 4.53. The van der Waals surface area contributed by atoms with Crippen LogP contribution in [-0.4, -0.2) is 5.11 Å². The summed E-state index contributed by atoms with van der Waals surface area (Å²) < 4.78 is 13.5. The molecule has 1 aliphatic rings. The van der Waals surface area contributed by atoms with Gasteiger partial charge in [-0.05, 0) is 30.9 Å². The largest absolute Gasteiger partial charge is 0.388 e. The van der Waals surface area contributed by atoms with Gasteiger partial charge in [0.25, 0.3) is 0 Å². The average molecular weight is 229 g/mol. The molecule has 1 fully saturated rings. The molecule has 0 aromatic heterocycles. The first kappa shape index (κ1) is 10.9. The standard InChI is InChI=1S/C12H14ClFO/c13-9-6-3-7-10(14)11(9)12(15)8-4-1-2-5-8/h3,6-8,12,15H,1-2,4-5H2/t12-/m1/s1. The molecule has 1 atom stereocenters. The van der Waals surface area contributed by atoms with Crippen molar-refractivity contribution in [3.8, 4) is 0 Å². The fourth-order valence-electron chi connectivity index (χ4n) is 2.30. The Morgan fingerprint density at radius 2 is 2.00 bits per heavy atom. The Balaban J connectivity index is 2.27. The van der Waals surface area contributed by atoms with E-state index in [0.717, 1.165) is 25.7 Å². The number of rotatable bonds is 2. The Labute approximate surface area is 93.9 Å². The lowest BCUT2D eigenvalue weighted by molar-refractivity contribution is 0.108. The van der Waals surface area contributed by atoms with Crippen LogP contribution in [0.2, 0.25) is 5.02 Å². The Morgan fingerprint density at radius 1 is 1.33 bits per heavy atom. The van der Waals surface area contributed by atoms with Gasteiger partial charge in [0.1, 0.15) is 5.82 Å². The number of aliphatic hydroxyl groups excluding tert-OH is 1. The van der Waals surface area contributed by atoms with Gasteiger partial charge < -0.3 is 5.11 Å². The molecule has 1 saturated carbocycles. The summed E-state index contributed by atoms with van der Waals surface area (Å²) in [4.78, 5) is 0. The van der Waals surface area contributed by atoms with Crippen molar-refractivity contribution in [2.75, 3.05) is 0 Å². The van der Waals surface area contributed by atoms with Crippen molar-refractivity contribution in [1.29, 1.82) is 0 Å². The van der Waals surface area contributed by atoms with Gasteiger partial charge in [-0.15, -0.1) is 0 Å². The van der Waals surface area contributed by atoms with Crippen molar-refractivity contribution >= 4 is 11.6 Å². The second-order valence-electron chi connectivity index (χ2n) is 4.12. The molecule has 1 aromatic carbocycles. The normalized spacial score (nSPS) is 19.4. The molecule has 0 spiro atoms. The average Bonchev–Trinajstić information content (AvgIpc) is 2.69. The maximum Gasteiger partial charge on any atom is 0.130 e. The summed E-state index contributed by atoms with van der Waals surface area (Å²) in [5, 5.41) is 10.4. The monoisotopic (exact) mass is 228 g/mol. The molecule has 0 unspecified atom stereocenters. The van der Waals surface area contributed by atoms with Crippen LogP contribution in [0.1, 0.15) is 37.4 Å². The lowest BCUT2D eigenvalue weighted by atomic mass is 9.94. The van der Waals surface area contributed by atoms with Gasteiger partial charge in [0.05, 0.1) is 6.10 Å². The summed E-state index contributed by atoms with van der Waals surface area (Å²) in [5.41, 5.74) is 0.270. The molecule has 2 rings (SSSR count). The number of halogens is 2. The zero-order chi connectivity index (χ0) is 10.8. The number of aliphatic hydroxyl groups is 1. The topological polar surface area (TPSA) is 20.2 Å². The van der Waals surface area contributed by atoms with Crippen molar-refractivity contribution in [3.63, 3.8) is 0 Å². The molecule has 82 valence electrons. The van der Waals surface area contributed by atoms with Crippen LogP contribution in [-0.2, 0) is 0 Å². The van der Waals surface area contributed by atoms with E-state index in [2.05, 4.69) is 0 Å². The van der Waals surface area contributed by atoms with Crippen LogP contribution in [0.3, 0.4) is 0 Å². The zero-order valence-corrected chi connectivity index (χ0v) is 9.17. The molecule has 0 aliphatic heterocycles. The molecule has 0 saturated heterocycles. The van der Waals surface area contributed by atoms with E-state index in [1.165, 1.54) is 6.07 Å². The van der Waals surface area contributed by atoms with E-state index in [4.69, 9.17) is 11.6 Å². The van der Waals surface area contributed by atoms with E-state index in [9.17, 15) is 9.50 Å². The van der Waals surface area contributed by atoms with Crippen LogP contribution < -0.4 is 0 Å². The predicted octanol–water partition coefficient (Wildman–Crippen LogP) is 3.70. The summed E-state index contributed by atoms with van der Waals surface area (Å²) >= 11 is 5.90. The fourth-order valence-corrected chi connectivity index (χ4v) is 2.58. The first-order chi connectivity index (χ1) is 7.20. The molecule has 1 N–H and O–H groups in total. The Bertz CT molecular complexity index is 327. The summed E-state index contributed by atoms with van der Waals surface area (Å²) in [7, 11) is 0. The van der Waals surface area contributed by atoms with E-state index in [-0.39, 0.29) is 11.5 Å². The van der Waals surface area contributed by atoms with Crippen molar-refractivity contribution < 1.29 is 9.50 Å². The van der Waals surface area contributed by atoms with Crippen molar-refractivity contribution in [1.82, 2.24) is 0 Å². The first-order valence-electron chi connectivity index (χ1n) is 5.32. The highest BCUT2D eigenvalue weighted by Crippen LogP contribution is 2.38. The van der Waals surface area contributed by atoms with Gasteiger partial charge in [-0.25, -0.2) is 4.39 Å². The summed E-state index contributed by atoms with van der Waals surface area (Å²) in [6.07, 6.45) is 3.42. The van der Waals surface area contributed by atoms with E-state index in [0.29, 0.717) is 5.02 Å². The third kappa shape index (κ3) is 2.16. The maximum atomic E-state index is 13.5. The minimum atomic E-state index is -0.749. The minimum absolute atomic E-state index is 0.166. The van der Waals surface area contributed by atoms with Gasteiger partial charge in [0.15, 0.2) is 0 Å². The fraction of sp³-hybridized carbons (Fsp3) is 0.500. The van der Waals surface area contributed by atoms with E-state index >= 15 is 0 Å². The smallest absolute Gasteiger partial charge is 0.130 e. The molecule has 15 heavy (non-hydrogen) atoms. The van der Waals surface area contributed by atoms with E-state index in [1.54, 1.807) is 12.1 Å². The molecular formula is C12H14ClFO. The van der Waals surface area contributed by atoms with Gasteiger partial charge in [0, 0.05) is 10.6 Å². The molecule has 3 heteroatoms. The van der Waals surface area contributed by atoms with Gasteiger partial charge >= 0.3 is 0 Å². The quantitative estimate of drug-likeness (QED) is 0.818. The molecular weight excluding hydrogens is 215 g/mol. The second kappa shape index (κ2) is 4.50. The van der Waals surface area contributed by atoms with Gasteiger partial charge in [0.2, 0.25) is 0 Å². The van der Waals surface area contributed by atoms with E-state index in [1.807, 2.05) is 0 Å². The molecule has 0 amide bonds. The van der Waals surface area contributed by atoms with Gasteiger partial charge in [-0.1, -0.05) is 30.5 Å². The predicted molar refractivity (Wildman–Crippen MR) is 58.3 cm³/mol. The Hall–Kier alpha value is -0.600. The molecule has 1 aliphatic carbocycles. The Kier molecular flexibility index (Phi) is 3.27. The van der Waals surface area contributed by atoms with Crippen LogP contribution in [0.15, 0.2) is 18.2 Å². The van der Waals surface area contributed by atoms with Crippen LogP contribution in [0.5, 0.6) is 0 Å². The molecule has 1 aromatic rings. The lowest BCUT2D eigenvalue weighted by Crippen LogP contribution is -2.11. The molecule has 0 bridgehead atoms. The third-order valence-electron chi connectivity index (χ3n) is 3.14.